The summed E-state index contributed by atoms with van der Waals surface area (Å²) in [5.41, 5.74) is 0.0846. The van der Waals surface area contributed by atoms with Gasteiger partial charge in [0.05, 0.1) is 0 Å². The van der Waals surface area contributed by atoms with Gasteiger partial charge in [-0.2, -0.15) is 0 Å². The van der Waals surface area contributed by atoms with Crippen LogP contribution in [-0.4, -0.2) is 36.0 Å². The fourth-order valence-corrected chi connectivity index (χ4v) is 3.14. The Bertz CT molecular complexity index is 269. The first-order valence-corrected chi connectivity index (χ1v) is 7.10. The van der Waals surface area contributed by atoms with Crippen molar-refractivity contribution in [2.24, 2.45) is 5.92 Å². The largest absolute Gasteiger partial charge is 0.340 e. The van der Waals surface area contributed by atoms with E-state index in [9.17, 15) is 4.79 Å². The van der Waals surface area contributed by atoms with Gasteiger partial charge < -0.3 is 10.2 Å². The Morgan fingerprint density at radius 1 is 1.35 bits per heavy atom. The van der Waals surface area contributed by atoms with Crippen LogP contribution in [0.4, 0.5) is 0 Å². The number of piperazine rings is 1. The molecular formula is C14H26N2O. The van der Waals surface area contributed by atoms with Crippen molar-refractivity contribution >= 4 is 5.91 Å². The number of carbonyl (C=O) groups is 1. The van der Waals surface area contributed by atoms with Gasteiger partial charge in [0.25, 0.3) is 0 Å². The molecule has 17 heavy (non-hydrogen) atoms. The van der Waals surface area contributed by atoms with Gasteiger partial charge in [0.2, 0.25) is 5.91 Å². The van der Waals surface area contributed by atoms with Crippen LogP contribution in [0, 0.1) is 5.92 Å². The highest BCUT2D eigenvalue weighted by Gasteiger charge is 2.28. The van der Waals surface area contributed by atoms with Gasteiger partial charge in [-0.25, -0.2) is 0 Å². The van der Waals surface area contributed by atoms with Crippen LogP contribution in [0.3, 0.4) is 0 Å². The molecule has 1 saturated carbocycles. The zero-order chi connectivity index (χ0) is 12.3. The zero-order valence-electron chi connectivity index (χ0n) is 11.3. The lowest BCUT2D eigenvalue weighted by atomic mass is 9.99. The molecule has 3 heteroatoms. The highest BCUT2D eigenvalue weighted by molar-refractivity contribution is 5.76. The molecule has 3 nitrogen and oxygen atoms in total. The Balaban J connectivity index is 1.75. The van der Waals surface area contributed by atoms with Crippen molar-refractivity contribution in [1.82, 2.24) is 10.2 Å². The van der Waals surface area contributed by atoms with Gasteiger partial charge in [-0.05, 0) is 26.2 Å². The predicted octanol–water partition coefficient (Wildman–Crippen LogP) is 2.17. The first-order chi connectivity index (χ1) is 8.07. The molecule has 2 aliphatic rings. The number of nitrogens with one attached hydrogen (secondary N) is 1. The van der Waals surface area contributed by atoms with E-state index in [0.29, 0.717) is 5.91 Å². The molecule has 1 amide bonds. The number of carbonyl (C=O) groups excluding carboxylic acids is 1. The van der Waals surface area contributed by atoms with Gasteiger partial charge in [0.15, 0.2) is 0 Å². The molecule has 0 aromatic carbocycles. The smallest absolute Gasteiger partial charge is 0.222 e. The van der Waals surface area contributed by atoms with Gasteiger partial charge in [0, 0.05) is 31.6 Å². The van der Waals surface area contributed by atoms with E-state index in [4.69, 9.17) is 0 Å². The minimum Gasteiger partial charge on any atom is -0.340 e. The van der Waals surface area contributed by atoms with Crippen molar-refractivity contribution in [3.8, 4) is 0 Å². The minimum absolute atomic E-state index is 0.0846. The summed E-state index contributed by atoms with van der Waals surface area (Å²) in [4.78, 5) is 14.2. The molecule has 0 bridgehead atoms. The molecule has 1 N–H and O–H groups in total. The van der Waals surface area contributed by atoms with Crippen molar-refractivity contribution < 1.29 is 4.79 Å². The number of hydrogen-bond acceptors (Lipinski definition) is 2. The third-order valence-corrected chi connectivity index (χ3v) is 4.17. The quantitative estimate of drug-likeness (QED) is 0.817. The monoisotopic (exact) mass is 238 g/mol. The molecule has 1 saturated heterocycles. The second-order valence-electron chi connectivity index (χ2n) is 6.32. The van der Waals surface area contributed by atoms with E-state index in [1.54, 1.807) is 0 Å². The van der Waals surface area contributed by atoms with Crippen molar-refractivity contribution in [2.45, 2.75) is 57.9 Å². The highest BCUT2D eigenvalue weighted by atomic mass is 16.2. The molecule has 1 aliphatic carbocycles. The minimum atomic E-state index is 0.0846. The summed E-state index contributed by atoms with van der Waals surface area (Å²) < 4.78 is 0. The van der Waals surface area contributed by atoms with Crippen LogP contribution in [0.25, 0.3) is 0 Å². The van der Waals surface area contributed by atoms with Crippen molar-refractivity contribution in [2.75, 3.05) is 19.6 Å². The van der Waals surface area contributed by atoms with E-state index >= 15 is 0 Å². The van der Waals surface area contributed by atoms with Crippen molar-refractivity contribution in [1.29, 1.82) is 0 Å². The molecule has 1 aliphatic heterocycles. The van der Waals surface area contributed by atoms with Crippen molar-refractivity contribution in [3.05, 3.63) is 0 Å². The molecule has 2 rings (SSSR count). The molecule has 2 fully saturated rings. The Labute approximate surface area is 105 Å². The van der Waals surface area contributed by atoms with Gasteiger partial charge in [-0.3, -0.25) is 4.79 Å². The predicted molar refractivity (Wildman–Crippen MR) is 69.9 cm³/mol. The van der Waals surface area contributed by atoms with Crippen LogP contribution in [0.15, 0.2) is 0 Å². The number of amides is 1. The fourth-order valence-electron chi connectivity index (χ4n) is 3.14. The number of hydrogen-bond donors (Lipinski definition) is 1. The molecule has 98 valence electrons. The number of rotatable bonds is 3. The average molecular weight is 238 g/mol. The van der Waals surface area contributed by atoms with E-state index in [1.807, 2.05) is 4.90 Å². The summed E-state index contributed by atoms with van der Waals surface area (Å²) in [5.74, 6) is 1.20. The average Bonchev–Trinajstić information content (AvgIpc) is 2.77. The normalized spacial score (nSPS) is 25.2. The second kappa shape index (κ2) is 5.38. The summed E-state index contributed by atoms with van der Waals surface area (Å²) in [6.45, 7) is 7.01. The maximum Gasteiger partial charge on any atom is 0.222 e. The van der Waals surface area contributed by atoms with E-state index in [1.165, 1.54) is 25.7 Å². The summed E-state index contributed by atoms with van der Waals surface area (Å²) in [6, 6.07) is 0. The lowest BCUT2D eigenvalue weighted by Gasteiger charge is -2.39. The maximum absolute atomic E-state index is 12.1. The molecule has 0 aromatic heterocycles. The van der Waals surface area contributed by atoms with E-state index in [-0.39, 0.29) is 5.54 Å². The number of nitrogens with zero attached hydrogens (tertiary/aromatic N) is 1. The lowest BCUT2D eigenvalue weighted by Crippen LogP contribution is -2.58. The Morgan fingerprint density at radius 2 is 2.06 bits per heavy atom. The summed E-state index contributed by atoms with van der Waals surface area (Å²) in [5, 5.41) is 3.45. The molecule has 0 atom stereocenters. The third kappa shape index (κ3) is 3.70. The van der Waals surface area contributed by atoms with E-state index in [0.717, 1.165) is 38.4 Å². The maximum atomic E-state index is 12.1. The SMILES string of the molecule is CC1(C)CN(C(=O)CCC2CCCC2)CCN1. The topological polar surface area (TPSA) is 32.3 Å². The van der Waals surface area contributed by atoms with Gasteiger partial charge in [-0.1, -0.05) is 25.7 Å². The van der Waals surface area contributed by atoms with Crippen LogP contribution in [0.2, 0.25) is 0 Å². The molecular weight excluding hydrogens is 212 g/mol. The first-order valence-electron chi connectivity index (χ1n) is 7.10. The van der Waals surface area contributed by atoms with Gasteiger partial charge >= 0.3 is 0 Å². The van der Waals surface area contributed by atoms with Crippen LogP contribution in [0.5, 0.6) is 0 Å². The van der Waals surface area contributed by atoms with Crippen LogP contribution >= 0.6 is 0 Å². The summed E-state index contributed by atoms with van der Waals surface area (Å²) in [7, 11) is 0. The van der Waals surface area contributed by atoms with Crippen LogP contribution in [-0.2, 0) is 4.79 Å². The van der Waals surface area contributed by atoms with Crippen molar-refractivity contribution in [3.63, 3.8) is 0 Å². The van der Waals surface area contributed by atoms with Gasteiger partial charge in [0.1, 0.15) is 0 Å². The Hall–Kier alpha value is -0.570. The Kier molecular flexibility index (Phi) is 4.08. The van der Waals surface area contributed by atoms with Crippen LogP contribution in [0.1, 0.15) is 52.4 Å². The standard InChI is InChI=1S/C14H26N2O/c1-14(2)11-16(10-9-15-14)13(17)8-7-12-5-3-4-6-12/h12,15H,3-11H2,1-2H3. The van der Waals surface area contributed by atoms with Gasteiger partial charge in [-0.15, -0.1) is 0 Å². The molecule has 0 aromatic rings. The second-order valence-corrected chi connectivity index (χ2v) is 6.32. The third-order valence-electron chi connectivity index (χ3n) is 4.17. The summed E-state index contributed by atoms with van der Waals surface area (Å²) >= 11 is 0. The fraction of sp³-hybridized carbons (Fsp3) is 0.929. The first kappa shape index (κ1) is 12.9. The molecule has 0 radical (unpaired) electrons. The summed E-state index contributed by atoms with van der Waals surface area (Å²) in [6.07, 6.45) is 7.32. The Morgan fingerprint density at radius 3 is 2.71 bits per heavy atom. The molecule has 0 spiro atoms. The van der Waals surface area contributed by atoms with E-state index in [2.05, 4.69) is 19.2 Å². The van der Waals surface area contributed by atoms with Crippen LogP contribution < -0.4 is 5.32 Å². The molecule has 1 heterocycles. The molecule has 0 unspecified atom stereocenters. The van der Waals surface area contributed by atoms with E-state index < -0.39 is 0 Å². The zero-order valence-corrected chi connectivity index (χ0v) is 11.3. The highest BCUT2D eigenvalue weighted by Crippen LogP contribution is 2.28. The lowest BCUT2D eigenvalue weighted by molar-refractivity contribution is -0.133.